The first-order valence-electron chi connectivity index (χ1n) is 3.43. The second kappa shape index (κ2) is 7.19. The molecule has 0 atom stereocenters. The van der Waals surface area contributed by atoms with Crippen molar-refractivity contribution < 1.29 is 8.78 Å². The fourth-order valence-electron chi connectivity index (χ4n) is 0.293. The summed E-state index contributed by atoms with van der Waals surface area (Å²) in [7, 11) is 0. The van der Waals surface area contributed by atoms with Gasteiger partial charge in [-0.3, -0.25) is 0 Å². The molecule has 0 saturated heterocycles. The Hall–Kier alpha value is -0.920. The van der Waals surface area contributed by atoms with Gasteiger partial charge in [0.25, 0.3) is 0 Å². The molecule has 0 spiro atoms. The maximum absolute atomic E-state index is 12.3. The van der Waals surface area contributed by atoms with E-state index >= 15 is 0 Å². The molecule has 0 fully saturated rings. The number of hydrogen-bond acceptors (Lipinski definition) is 0. The lowest BCUT2D eigenvalue weighted by atomic mass is 10.3. The minimum Gasteiger partial charge on any atom is -0.204 e. The molecule has 0 rings (SSSR count). The third-order valence-corrected chi connectivity index (χ3v) is 0.764. The van der Waals surface area contributed by atoms with Gasteiger partial charge in [-0.15, -0.1) is 0 Å². The Labute approximate surface area is 66.9 Å². The topological polar surface area (TPSA) is 0 Å². The van der Waals surface area contributed by atoms with E-state index in [0.717, 1.165) is 6.08 Å². The molecule has 0 amide bonds. The Morgan fingerprint density at radius 2 is 1.64 bits per heavy atom. The van der Waals surface area contributed by atoms with Crippen molar-refractivity contribution in [2.45, 2.75) is 20.8 Å². The molecule has 0 N–H and O–H groups in total. The van der Waals surface area contributed by atoms with Gasteiger partial charge >= 0.3 is 0 Å². The highest BCUT2D eigenvalue weighted by Crippen LogP contribution is 2.15. The van der Waals surface area contributed by atoms with Crippen molar-refractivity contribution in [2.75, 3.05) is 0 Å². The molecule has 0 saturated carbocycles. The van der Waals surface area contributed by atoms with Crippen molar-refractivity contribution in [3.05, 3.63) is 36.5 Å². The summed E-state index contributed by atoms with van der Waals surface area (Å²) in [5.74, 6) is -1.88. The molecule has 11 heavy (non-hydrogen) atoms. The quantitative estimate of drug-likeness (QED) is 0.537. The van der Waals surface area contributed by atoms with Gasteiger partial charge < -0.3 is 0 Å². The largest absolute Gasteiger partial charge is 0.204 e. The molecule has 0 aromatic heterocycles. The number of allylic oxidation sites excluding steroid dienone is 4. The zero-order valence-corrected chi connectivity index (χ0v) is 7.25. The Bertz CT molecular complexity index is 166. The van der Waals surface area contributed by atoms with E-state index in [2.05, 4.69) is 13.2 Å². The highest BCUT2D eigenvalue weighted by atomic mass is 19.2. The van der Waals surface area contributed by atoms with Gasteiger partial charge in [-0.1, -0.05) is 27.0 Å². The standard InChI is InChI=1S/C7H8F2.C2H6/c1-4-6(8)7(9)5(2)3;1-2/h4H,1-2H2,3H3;1-2H3/b7-6-;. The fourth-order valence-corrected chi connectivity index (χ4v) is 0.293. The van der Waals surface area contributed by atoms with E-state index in [4.69, 9.17) is 0 Å². The van der Waals surface area contributed by atoms with Crippen LogP contribution in [0.25, 0.3) is 0 Å². The average Bonchev–Trinajstić information content (AvgIpc) is 2.05. The van der Waals surface area contributed by atoms with E-state index in [0.29, 0.717) is 0 Å². The summed E-state index contributed by atoms with van der Waals surface area (Å²) in [5.41, 5.74) is 0.0763. The Morgan fingerprint density at radius 3 is 1.73 bits per heavy atom. The van der Waals surface area contributed by atoms with Crippen LogP contribution >= 0.6 is 0 Å². The molecule has 0 aliphatic heterocycles. The molecule has 0 unspecified atom stereocenters. The van der Waals surface area contributed by atoms with Crippen LogP contribution in [0.3, 0.4) is 0 Å². The lowest BCUT2D eigenvalue weighted by Gasteiger charge is -1.91. The molecule has 0 radical (unpaired) electrons. The molecule has 2 heteroatoms. The summed E-state index contributed by atoms with van der Waals surface area (Å²) in [4.78, 5) is 0. The van der Waals surface area contributed by atoms with Crippen molar-refractivity contribution in [2.24, 2.45) is 0 Å². The third-order valence-electron chi connectivity index (χ3n) is 0.764. The molecule has 64 valence electrons. The van der Waals surface area contributed by atoms with Gasteiger partial charge in [-0.25, -0.2) is 8.78 Å². The van der Waals surface area contributed by atoms with Crippen molar-refractivity contribution in [1.82, 2.24) is 0 Å². The SMILES string of the molecule is C=C/C(F)=C(/F)C(=C)C.CC. The van der Waals surface area contributed by atoms with E-state index < -0.39 is 11.7 Å². The van der Waals surface area contributed by atoms with Crippen LogP contribution in [0.4, 0.5) is 8.78 Å². The first kappa shape index (κ1) is 12.7. The van der Waals surface area contributed by atoms with Crippen LogP contribution < -0.4 is 0 Å². The molecule has 0 heterocycles. The van der Waals surface area contributed by atoms with Crippen molar-refractivity contribution >= 4 is 0 Å². The summed E-state index contributed by atoms with van der Waals surface area (Å²) in [6.45, 7) is 11.6. The molecule has 0 nitrogen and oxygen atoms in total. The molecular formula is C9H14F2. The van der Waals surface area contributed by atoms with Gasteiger partial charge in [-0.05, 0) is 18.6 Å². The minimum atomic E-state index is -0.956. The van der Waals surface area contributed by atoms with Crippen LogP contribution in [-0.4, -0.2) is 0 Å². The van der Waals surface area contributed by atoms with Crippen molar-refractivity contribution in [3.63, 3.8) is 0 Å². The van der Waals surface area contributed by atoms with Gasteiger partial charge in [0.05, 0.1) is 0 Å². The van der Waals surface area contributed by atoms with Gasteiger partial charge in [0.2, 0.25) is 0 Å². The zero-order valence-electron chi connectivity index (χ0n) is 7.25. The van der Waals surface area contributed by atoms with Gasteiger partial charge in [0, 0.05) is 0 Å². The van der Waals surface area contributed by atoms with Gasteiger partial charge in [-0.2, -0.15) is 0 Å². The van der Waals surface area contributed by atoms with Crippen molar-refractivity contribution in [3.8, 4) is 0 Å². The Kier molecular flexibility index (Phi) is 8.32. The number of hydrogen-bond donors (Lipinski definition) is 0. The molecule has 0 bridgehead atoms. The molecule has 0 aromatic carbocycles. The lowest BCUT2D eigenvalue weighted by Crippen LogP contribution is -1.76. The van der Waals surface area contributed by atoms with Crippen LogP contribution in [0.5, 0.6) is 0 Å². The first-order chi connectivity index (χ1) is 5.09. The van der Waals surface area contributed by atoms with Gasteiger partial charge in [0.1, 0.15) is 0 Å². The Balaban J connectivity index is 0. The smallest absolute Gasteiger partial charge is 0.161 e. The second-order valence-corrected chi connectivity index (χ2v) is 1.65. The van der Waals surface area contributed by atoms with Crippen LogP contribution in [0, 0.1) is 0 Å². The van der Waals surface area contributed by atoms with E-state index in [1.807, 2.05) is 13.8 Å². The third kappa shape index (κ3) is 5.52. The first-order valence-corrected chi connectivity index (χ1v) is 3.43. The summed E-state index contributed by atoms with van der Waals surface area (Å²) in [6, 6.07) is 0. The predicted molar refractivity (Wildman–Crippen MR) is 45.6 cm³/mol. The summed E-state index contributed by atoms with van der Waals surface area (Å²) in [6.07, 6.45) is 0.810. The fraction of sp³-hybridized carbons (Fsp3) is 0.333. The van der Waals surface area contributed by atoms with E-state index in [1.54, 1.807) is 0 Å². The van der Waals surface area contributed by atoms with Crippen LogP contribution in [0.15, 0.2) is 36.5 Å². The van der Waals surface area contributed by atoms with Crippen LogP contribution in [0.2, 0.25) is 0 Å². The Morgan fingerprint density at radius 1 is 1.27 bits per heavy atom. The highest BCUT2D eigenvalue weighted by Gasteiger charge is 2.00. The second-order valence-electron chi connectivity index (χ2n) is 1.65. The number of halogens is 2. The van der Waals surface area contributed by atoms with Crippen LogP contribution in [-0.2, 0) is 0 Å². The monoisotopic (exact) mass is 160 g/mol. The predicted octanol–water partition coefficient (Wildman–Crippen LogP) is 3.93. The summed E-state index contributed by atoms with van der Waals surface area (Å²) in [5, 5.41) is 0. The minimum absolute atomic E-state index is 0.0763. The van der Waals surface area contributed by atoms with Gasteiger partial charge in [0.15, 0.2) is 11.7 Å². The lowest BCUT2D eigenvalue weighted by molar-refractivity contribution is 0.565. The summed E-state index contributed by atoms with van der Waals surface area (Å²) >= 11 is 0. The molecule has 0 aromatic rings. The van der Waals surface area contributed by atoms with Crippen LogP contribution in [0.1, 0.15) is 20.8 Å². The molecule has 0 aliphatic rings. The molecular weight excluding hydrogens is 146 g/mol. The zero-order chi connectivity index (χ0) is 9.44. The maximum Gasteiger partial charge on any atom is 0.161 e. The van der Waals surface area contributed by atoms with E-state index in [1.165, 1.54) is 6.92 Å². The maximum atomic E-state index is 12.3. The molecule has 0 aliphatic carbocycles. The number of rotatable bonds is 2. The van der Waals surface area contributed by atoms with Crippen molar-refractivity contribution in [1.29, 1.82) is 0 Å². The highest BCUT2D eigenvalue weighted by molar-refractivity contribution is 5.27. The van der Waals surface area contributed by atoms with E-state index in [-0.39, 0.29) is 5.57 Å². The summed E-state index contributed by atoms with van der Waals surface area (Å²) < 4.78 is 24.4. The average molecular weight is 160 g/mol. The normalized spacial score (nSPS) is 10.6. The van der Waals surface area contributed by atoms with E-state index in [9.17, 15) is 8.78 Å².